The van der Waals surface area contributed by atoms with Gasteiger partial charge < -0.3 is 25.4 Å². The fraction of sp³-hybridized carbons (Fsp3) is 0.571. The minimum Gasteiger partial charge on any atom is -0.492 e. The van der Waals surface area contributed by atoms with Gasteiger partial charge in [0, 0.05) is 25.1 Å². The van der Waals surface area contributed by atoms with Gasteiger partial charge in [0.15, 0.2) is 5.67 Å². The molecule has 1 aromatic heterocycles. The van der Waals surface area contributed by atoms with Crippen molar-refractivity contribution < 1.29 is 28.6 Å². The highest BCUT2D eigenvalue weighted by Gasteiger charge is 2.53. The molecule has 218 valence electrons. The SMILES string of the molecule is Cc1ncsc1-c1ccc(CNC(=O)C2CC(O)CN2C(=O)[C@@H](NC(=O)C2(F)CC2)C(C)(C)C)c(OCCCl)c1. The highest BCUT2D eigenvalue weighted by molar-refractivity contribution is 7.13. The number of amides is 3. The van der Waals surface area contributed by atoms with Gasteiger partial charge in [0.25, 0.3) is 5.91 Å². The van der Waals surface area contributed by atoms with Crippen LogP contribution in [0.5, 0.6) is 5.75 Å². The van der Waals surface area contributed by atoms with E-state index in [1.165, 1.54) is 16.2 Å². The molecule has 1 aliphatic heterocycles. The van der Waals surface area contributed by atoms with Crippen LogP contribution >= 0.6 is 22.9 Å². The monoisotopic (exact) mass is 594 g/mol. The van der Waals surface area contributed by atoms with E-state index in [1.807, 2.05) is 25.1 Å². The Labute approximate surface area is 242 Å². The van der Waals surface area contributed by atoms with Crippen LogP contribution in [0.4, 0.5) is 4.39 Å². The number of thiazole rings is 1. The Morgan fingerprint density at radius 2 is 2.05 bits per heavy atom. The van der Waals surface area contributed by atoms with E-state index in [0.717, 1.165) is 21.7 Å². The van der Waals surface area contributed by atoms with Crippen molar-refractivity contribution in [3.05, 3.63) is 35.0 Å². The summed E-state index contributed by atoms with van der Waals surface area (Å²) in [5.41, 5.74) is 1.65. The molecule has 3 N–H and O–H groups in total. The summed E-state index contributed by atoms with van der Waals surface area (Å²) in [6, 6.07) is 3.67. The van der Waals surface area contributed by atoms with Crippen molar-refractivity contribution in [1.29, 1.82) is 0 Å². The van der Waals surface area contributed by atoms with E-state index in [0.29, 0.717) is 11.6 Å². The summed E-state index contributed by atoms with van der Waals surface area (Å²) >= 11 is 7.37. The largest absolute Gasteiger partial charge is 0.492 e. The summed E-state index contributed by atoms with van der Waals surface area (Å²) in [7, 11) is 0. The molecule has 40 heavy (non-hydrogen) atoms. The Hall–Kier alpha value is -2.76. The molecule has 1 aliphatic carbocycles. The number of carbonyl (C=O) groups excluding carboxylic acids is 3. The smallest absolute Gasteiger partial charge is 0.258 e. The van der Waals surface area contributed by atoms with Gasteiger partial charge in [-0.2, -0.15) is 0 Å². The second kappa shape index (κ2) is 12.0. The predicted molar refractivity (Wildman–Crippen MR) is 151 cm³/mol. The first-order valence-electron chi connectivity index (χ1n) is 13.3. The van der Waals surface area contributed by atoms with Gasteiger partial charge in [-0.05, 0) is 36.8 Å². The van der Waals surface area contributed by atoms with Crippen LogP contribution in [0.25, 0.3) is 10.4 Å². The molecule has 4 rings (SSSR count). The molecule has 2 unspecified atom stereocenters. The molecule has 0 bridgehead atoms. The van der Waals surface area contributed by atoms with Gasteiger partial charge >= 0.3 is 0 Å². The Morgan fingerprint density at radius 3 is 2.65 bits per heavy atom. The molecule has 2 heterocycles. The summed E-state index contributed by atoms with van der Waals surface area (Å²) in [6.45, 7) is 7.55. The van der Waals surface area contributed by atoms with Crippen LogP contribution in [-0.2, 0) is 20.9 Å². The van der Waals surface area contributed by atoms with E-state index in [4.69, 9.17) is 16.3 Å². The zero-order chi connectivity index (χ0) is 29.2. The topological polar surface area (TPSA) is 121 Å². The quantitative estimate of drug-likeness (QED) is 0.363. The average molecular weight is 595 g/mol. The van der Waals surface area contributed by atoms with Gasteiger partial charge in [0.05, 0.1) is 28.1 Å². The molecule has 0 spiro atoms. The van der Waals surface area contributed by atoms with Crippen LogP contribution in [0.2, 0.25) is 0 Å². The number of hydrogen-bond donors (Lipinski definition) is 3. The van der Waals surface area contributed by atoms with E-state index in [9.17, 15) is 23.9 Å². The van der Waals surface area contributed by atoms with Gasteiger partial charge in [-0.1, -0.05) is 32.9 Å². The first-order valence-corrected chi connectivity index (χ1v) is 14.7. The third-order valence-electron chi connectivity index (χ3n) is 7.21. The normalized spacial score (nSPS) is 20.6. The van der Waals surface area contributed by atoms with Crippen molar-refractivity contribution in [2.45, 2.75) is 77.4 Å². The fourth-order valence-electron chi connectivity index (χ4n) is 4.72. The molecule has 1 saturated carbocycles. The minimum atomic E-state index is -1.94. The number of likely N-dealkylation sites (tertiary alicyclic amines) is 1. The third kappa shape index (κ3) is 6.75. The number of rotatable bonds is 10. The standard InChI is InChI=1S/C28H36ClFN4O5S/c1-16-22(40-15-32-16)17-5-6-18(21(11-17)39-10-9-29)13-31-24(36)20-12-19(35)14-34(20)25(37)23(27(2,3)4)33-26(38)28(30)7-8-28/h5-6,11,15,19-20,23,35H,7-10,12-14H2,1-4H3,(H,31,36)(H,33,38)/t19?,20?,23-/m1/s1. The molecule has 3 amide bonds. The van der Waals surface area contributed by atoms with Crippen molar-refractivity contribution in [3.63, 3.8) is 0 Å². The highest BCUT2D eigenvalue weighted by Crippen LogP contribution is 2.40. The number of aliphatic hydroxyl groups excluding tert-OH is 1. The van der Waals surface area contributed by atoms with E-state index in [2.05, 4.69) is 15.6 Å². The maximum Gasteiger partial charge on any atom is 0.258 e. The van der Waals surface area contributed by atoms with Crippen LogP contribution in [0.1, 0.15) is 51.3 Å². The highest BCUT2D eigenvalue weighted by atomic mass is 35.5. The Balaban J connectivity index is 1.49. The lowest BCUT2D eigenvalue weighted by Crippen LogP contribution is -2.59. The Morgan fingerprint density at radius 1 is 1.32 bits per heavy atom. The maximum absolute atomic E-state index is 14.4. The predicted octanol–water partition coefficient (Wildman–Crippen LogP) is 3.35. The molecule has 3 atom stereocenters. The van der Waals surface area contributed by atoms with Crippen molar-refractivity contribution in [3.8, 4) is 16.2 Å². The summed E-state index contributed by atoms with van der Waals surface area (Å²) in [5, 5.41) is 15.8. The van der Waals surface area contributed by atoms with E-state index < -0.39 is 47.0 Å². The van der Waals surface area contributed by atoms with Crippen LogP contribution in [0.15, 0.2) is 23.7 Å². The molecule has 0 radical (unpaired) electrons. The number of benzene rings is 1. The van der Waals surface area contributed by atoms with Gasteiger partial charge in [-0.15, -0.1) is 22.9 Å². The number of aliphatic hydroxyl groups is 1. The van der Waals surface area contributed by atoms with Crippen LogP contribution in [-0.4, -0.2) is 75.6 Å². The van der Waals surface area contributed by atoms with Crippen molar-refractivity contribution in [1.82, 2.24) is 20.5 Å². The summed E-state index contributed by atoms with van der Waals surface area (Å²) in [4.78, 5) is 46.0. The fourth-order valence-corrected chi connectivity index (χ4v) is 5.60. The molecule has 9 nitrogen and oxygen atoms in total. The van der Waals surface area contributed by atoms with Crippen molar-refractivity contribution in [2.24, 2.45) is 5.41 Å². The number of nitrogens with one attached hydrogen (secondary N) is 2. The number of aromatic nitrogens is 1. The Bertz CT molecular complexity index is 1260. The van der Waals surface area contributed by atoms with Gasteiger partial charge in [-0.3, -0.25) is 14.4 Å². The second-order valence-electron chi connectivity index (χ2n) is 11.5. The van der Waals surface area contributed by atoms with E-state index >= 15 is 0 Å². The summed E-state index contributed by atoms with van der Waals surface area (Å²) in [6.07, 6.45) is -0.608. The lowest BCUT2D eigenvalue weighted by molar-refractivity contribution is -0.145. The molecule has 2 fully saturated rings. The van der Waals surface area contributed by atoms with Gasteiger partial charge in [-0.25, -0.2) is 9.37 Å². The second-order valence-corrected chi connectivity index (χ2v) is 12.7. The number of aryl methyl sites for hydroxylation is 1. The van der Waals surface area contributed by atoms with E-state index in [-0.39, 0.29) is 39.0 Å². The molecule has 2 aliphatic rings. The van der Waals surface area contributed by atoms with Crippen LogP contribution < -0.4 is 15.4 Å². The molecular formula is C28H36ClFN4O5S. The molecule has 1 aromatic carbocycles. The number of ether oxygens (including phenoxy) is 1. The lowest BCUT2D eigenvalue weighted by atomic mass is 9.85. The number of alkyl halides is 2. The van der Waals surface area contributed by atoms with Gasteiger partial charge in [0.2, 0.25) is 11.8 Å². The van der Waals surface area contributed by atoms with Crippen molar-refractivity contribution in [2.75, 3.05) is 19.0 Å². The van der Waals surface area contributed by atoms with E-state index in [1.54, 1.807) is 26.3 Å². The van der Waals surface area contributed by atoms with Gasteiger partial charge in [0.1, 0.15) is 24.4 Å². The number of halogens is 2. The van der Waals surface area contributed by atoms with Crippen LogP contribution in [0, 0.1) is 12.3 Å². The molecular weight excluding hydrogens is 559 g/mol. The minimum absolute atomic E-state index is 0.0502. The number of nitrogens with zero attached hydrogens (tertiary/aromatic N) is 2. The third-order valence-corrected chi connectivity index (χ3v) is 8.34. The number of hydrogen-bond acceptors (Lipinski definition) is 7. The molecule has 12 heteroatoms. The first kappa shape index (κ1) is 30.2. The molecule has 1 saturated heterocycles. The van der Waals surface area contributed by atoms with Crippen LogP contribution in [0.3, 0.4) is 0 Å². The summed E-state index contributed by atoms with van der Waals surface area (Å²) in [5.74, 6) is -0.929. The lowest BCUT2D eigenvalue weighted by Gasteiger charge is -2.35. The number of β-amino-alcohol motifs (C(OH)–C–C–N with tert-alkyl or cyclic N) is 1. The Kier molecular flexibility index (Phi) is 9.06. The molecule has 2 aromatic rings. The summed E-state index contributed by atoms with van der Waals surface area (Å²) < 4.78 is 20.2. The first-order chi connectivity index (χ1) is 18.8. The van der Waals surface area contributed by atoms with Crippen molar-refractivity contribution >= 4 is 40.7 Å². The number of carbonyl (C=O) groups is 3. The zero-order valence-electron chi connectivity index (χ0n) is 23.1. The zero-order valence-corrected chi connectivity index (χ0v) is 24.7. The average Bonchev–Trinajstić information content (AvgIpc) is 3.31. The maximum atomic E-state index is 14.4.